The van der Waals surface area contributed by atoms with Crippen LogP contribution in [0.15, 0.2) is 18.3 Å². The predicted octanol–water partition coefficient (Wildman–Crippen LogP) is 1.04. The largest absolute Gasteiger partial charge is 0.480 e. The van der Waals surface area contributed by atoms with Crippen LogP contribution in [0.3, 0.4) is 0 Å². The highest BCUT2D eigenvalue weighted by molar-refractivity contribution is 5.96. The summed E-state index contributed by atoms with van der Waals surface area (Å²) >= 11 is 0. The fourth-order valence-electron chi connectivity index (χ4n) is 3.62. The molecule has 1 aromatic rings. The van der Waals surface area contributed by atoms with E-state index in [2.05, 4.69) is 9.88 Å². The minimum Gasteiger partial charge on any atom is -0.480 e. The molecule has 2 atom stereocenters. The molecule has 2 saturated heterocycles. The van der Waals surface area contributed by atoms with Crippen LogP contribution in [0.5, 0.6) is 5.88 Å². The van der Waals surface area contributed by atoms with Crippen LogP contribution in [0.1, 0.15) is 23.2 Å². The van der Waals surface area contributed by atoms with Crippen LogP contribution in [-0.4, -0.2) is 86.4 Å². The first-order valence-corrected chi connectivity index (χ1v) is 8.71. The Morgan fingerprint density at radius 3 is 3.12 bits per heavy atom. The highest BCUT2D eigenvalue weighted by Crippen LogP contribution is 2.34. The van der Waals surface area contributed by atoms with E-state index in [4.69, 9.17) is 14.2 Å². The summed E-state index contributed by atoms with van der Waals surface area (Å²) in [5.41, 5.74) is 0.0623. The maximum Gasteiger partial charge on any atom is 0.259 e. The zero-order valence-electron chi connectivity index (χ0n) is 15.2. The SMILES string of the molecule is COc1ncccc1C(=O)N1CCOC[C@@]2(CC[C@H](CN(C)C)O2)C1. The van der Waals surface area contributed by atoms with Crippen molar-refractivity contribution in [3.05, 3.63) is 23.9 Å². The van der Waals surface area contributed by atoms with Crippen molar-refractivity contribution in [3.63, 3.8) is 0 Å². The molecule has 0 saturated carbocycles. The van der Waals surface area contributed by atoms with E-state index in [0.29, 0.717) is 37.7 Å². The number of aromatic nitrogens is 1. The monoisotopic (exact) mass is 349 g/mol. The third-order valence-corrected chi connectivity index (χ3v) is 4.74. The third kappa shape index (κ3) is 4.11. The summed E-state index contributed by atoms with van der Waals surface area (Å²) < 4.78 is 17.4. The Kier molecular flexibility index (Phi) is 5.56. The number of hydrogen-bond acceptors (Lipinski definition) is 6. The Morgan fingerprint density at radius 2 is 2.36 bits per heavy atom. The van der Waals surface area contributed by atoms with Gasteiger partial charge < -0.3 is 24.0 Å². The van der Waals surface area contributed by atoms with Gasteiger partial charge in [0.15, 0.2) is 0 Å². The number of carbonyl (C=O) groups excluding carboxylic acids is 1. The Labute approximate surface area is 148 Å². The van der Waals surface area contributed by atoms with Crippen molar-refractivity contribution in [2.75, 3.05) is 54.1 Å². The lowest BCUT2D eigenvalue weighted by Gasteiger charge is -2.32. The number of hydrogen-bond donors (Lipinski definition) is 0. The van der Waals surface area contributed by atoms with Gasteiger partial charge in [0.25, 0.3) is 5.91 Å². The molecular weight excluding hydrogens is 322 g/mol. The number of methoxy groups -OCH3 is 1. The summed E-state index contributed by atoms with van der Waals surface area (Å²) in [6.45, 7) is 3.00. The summed E-state index contributed by atoms with van der Waals surface area (Å²) in [7, 11) is 5.61. The Morgan fingerprint density at radius 1 is 1.52 bits per heavy atom. The molecule has 0 bridgehead atoms. The Balaban J connectivity index is 1.75. The molecule has 1 spiro atoms. The molecular formula is C18H27N3O4. The fourth-order valence-corrected chi connectivity index (χ4v) is 3.62. The van der Waals surface area contributed by atoms with Crippen molar-refractivity contribution in [3.8, 4) is 5.88 Å². The van der Waals surface area contributed by atoms with E-state index < -0.39 is 5.60 Å². The van der Waals surface area contributed by atoms with Crippen LogP contribution in [0, 0.1) is 0 Å². The lowest BCUT2D eigenvalue weighted by Crippen LogP contribution is -2.47. The van der Waals surface area contributed by atoms with Crippen LogP contribution in [0.4, 0.5) is 0 Å². The van der Waals surface area contributed by atoms with Gasteiger partial charge in [-0.25, -0.2) is 4.98 Å². The Hall–Kier alpha value is -1.70. The lowest BCUT2D eigenvalue weighted by molar-refractivity contribution is -0.0878. The molecule has 3 heterocycles. The molecule has 0 unspecified atom stereocenters. The van der Waals surface area contributed by atoms with E-state index >= 15 is 0 Å². The zero-order chi connectivity index (χ0) is 17.9. The van der Waals surface area contributed by atoms with Crippen molar-refractivity contribution < 1.29 is 19.0 Å². The Bertz CT molecular complexity index is 610. The summed E-state index contributed by atoms with van der Waals surface area (Å²) in [4.78, 5) is 21.1. The zero-order valence-corrected chi connectivity index (χ0v) is 15.2. The van der Waals surface area contributed by atoms with Gasteiger partial charge in [-0.05, 0) is 39.1 Å². The number of pyridine rings is 1. The summed E-state index contributed by atoms with van der Waals surface area (Å²) in [5.74, 6) is 0.263. The highest BCUT2D eigenvalue weighted by atomic mass is 16.6. The van der Waals surface area contributed by atoms with Gasteiger partial charge in [-0.15, -0.1) is 0 Å². The van der Waals surface area contributed by atoms with Crippen LogP contribution >= 0.6 is 0 Å². The number of nitrogens with zero attached hydrogens (tertiary/aromatic N) is 3. The molecule has 7 heteroatoms. The van der Waals surface area contributed by atoms with Gasteiger partial charge in [0.2, 0.25) is 5.88 Å². The molecule has 138 valence electrons. The number of ether oxygens (including phenoxy) is 3. The molecule has 1 amide bonds. The minimum atomic E-state index is -0.414. The maximum atomic E-state index is 13.0. The van der Waals surface area contributed by atoms with Crippen LogP contribution in [0.2, 0.25) is 0 Å². The summed E-state index contributed by atoms with van der Waals surface area (Å²) in [6.07, 6.45) is 3.69. The topological polar surface area (TPSA) is 64.1 Å². The summed E-state index contributed by atoms with van der Waals surface area (Å²) in [6, 6.07) is 3.50. The fraction of sp³-hybridized carbons (Fsp3) is 0.667. The van der Waals surface area contributed by atoms with Crippen LogP contribution in [-0.2, 0) is 9.47 Å². The quantitative estimate of drug-likeness (QED) is 0.809. The first-order valence-electron chi connectivity index (χ1n) is 8.71. The molecule has 1 aromatic heterocycles. The van der Waals surface area contributed by atoms with Gasteiger partial charge in [-0.3, -0.25) is 4.79 Å². The van der Waals surface area contributed by atoms with Crippen molar-refractivity contribution in [2.24, 2.45) is 0 Å². The van der Waals surface area contributed by atoms with E-state index in [1.165, 1.54) is 7.11 Å². The predicted molar refractivity (Wildman–Crippen MR) is 92.9 cm³/mol. The minimum absolute atomic E-state index is 0.0884. The second kappa shape index (κ2) is 7.68. The van der Waals surface area contributed by atoms with Gasteiger partial charge in [-0.2, -0.15) is 0 Å². The smallest absolute Gasteiger partial charge is 0.259 e. The van der Waals surface area contributed by atoms with Gasteiger partial charge in [0.05, 0.1) is 33.0 Å². The summed E-state index contributed by atoms with van der Waals surface area (Å²) in [5, 5.41) is 0. The molecule has 0 radical (unpaired) electrons. The van der Waals surface area contributed by atoms with Gasteiger partial charge >= 0.3 is 0 Å². The molecule has 2 fully saturated rings. The number of carbonyl (C=O) groups is 1. The molecule has 0 aromatic carbocycles. The van der Waals surface area contributed by atoms with Gasteiger partial charge in [0, 0.05) is 19.3 Å². The van der Waals surface area contributed by atoms with Crippen LogP contribution in [0.25, 0.3) is 0 Å². The van der Waals surface area contributed by atoms with Crippen molar-refractivity contribution in [1.82, 2.24) is 14.8 Å². The van der Waals surface area contributed by atoms with E-state index in [0.717, 1.165) is 19.4 Å². The second-order valence-electron chi connectivity index (χ2n) is 7.06. The molecule has 2 aliphatic heterocycles. The molecule has 25 heavy (non-hydrogen) atoms. The molecule has 3 rings (SSSR count). The average molecular weight is 349 g/mol. The van der Waals surface area contributed by atoms with E-state index in [1.807, 2.05) is 19.0 Å². The third-order valence-electron chi connectivity index (χ3n) is 4.74. The maximum absolute atomic E-state index is 13.0. The van der Waals surface area contributed by atoms with Crippen molar-refractivity contribution >= 4 is 5.91 Å². The molecule has 0 aliphatic carbocycles. The lowest BCUT2D eigenvalue weighted by atomic mass is 9.99. The van der Waals surface area contributed by atoms with E-state index in [9.17, 15) is 4.79 Å². The molecule has 2 aliphatic rings. The van der Waals surface area contributed by atoms with Gasteiger partial charge in [0.1, 0.15) is 11.2 Å². The molecule has 7 nitrogen and oxygen atoms in total. The number of likely N-dealkylation sites (N-methyl/N-ethyl adjacent to an activating group) is 1. The van der Waals surface area contributed by atoms with Crippen molar-refractivity contribution in [1.29, 1.82) is 0 Å². The van der Waals surface area contributed by atoms with Crippen molar-refractivity contribution in [2.45, 2.75) is 24.5 Å². The average Bonchev–Trinajstić information content (AvgIpc) is 2.85. The normalized spacial score (nSPS) is 26.9. The first-order chi connectivity index (χ1) is 12.0. The van der Waals surface area contributed by atoms with Gasteiger partial charge in [-0.1, -0.05) is 0 Å². The standard InChI is InChI=1S/C18H27N3O4/c1-20(2)11-14-6-7-18(25-14)12-21(9-10-24-13-18)17(22)15-5-4-8-19-16(15)23-3/h4-5,8,14H,6-7,9-13H2,1-3H3/t14-,18-/m1/s1. The first kappa shape index (κ1) is 18.1. The molecule has 0 N–H and O–H groups in total. The van der Waals surface area contributed by atoms with E-state index in [-0.39, 0.29) is 12.0 Å². The van der Waals surface area contributed by atoms with Crippen LogP contribution < -0.4 is 4.74 Å². The van der Waals surface area contributed by atoms with E-state index in [1.54, 1.807) is 18.3 Å². The number of rotatable bonds is 4. The highest BCUT2D eigenvalue weighted by Gasteiger charge is 2.44. The number of amides is 1. The second-order valence-corrected chi connectivity index (χ2v) is 7.06.